The van der Waals surface area contributed by atoms with Crippen molar-refractivity contribution in [2.75, 3.05) is 0 Å². The Hall–Kier alpha value is -20.1. The van der Waals surface area contributed by atoms with Crippen molar-refractivity contribution in [1.82, 2.24) is 79.7 Å². The highest BCUT2D eigenvalue weighted by Gasteiger charge is 2.21. The van der Waals surface area contributed by atoms with E-state index in [-0.39, 0.29) is 0 Å². The van der Waals surface area contributed by atoms with E-state index in [4.69, 9.17) is 44.9 Å². The monoisotopic (exact) mass is 1860 g/mol. The number of nitrogens with zero attached hydrogens (tertiary/aromatic N) is 16. The van der Waals surface area contributed by atoms with Crippen molar-refractivity contribution in [3.63, 3.8) is 0 Å². The second kappa shape index (κ2) is 36.3. The SMILES string of the molecule is c1ccc(-c2cc(-c3ccccc3)nc(-c3ccc4c(ccc5ccc6ccc7ncccc7c6c54)n3)n2)cc1.c1ccc(-c2ccc(-c3ccc4c(ccc5ccc6ccc7ncccc7c6c54)n3)nc2)nc1.c1ccc(-c2nc(-c3ccccc3)nc(-c3ccc4cc5ccc6cc7cccnc7cc6c5cc4n3)n2)cc1.c1cnc2cc3c(ccc4cc5ccc(-c6cccc7ncccc67)nc5cc43)cc2c1. The van der Waals surface area contributed by atoms with Gasteiger partial charge >= 0.3 is 0 Å². The molecule has 13 heterocycles. The molecule has 0 fully saturated rings. The van der Waals surface area contributed by atoms with Crippen LogP contribution in [0.1, 0.15) is 0 Å². The van der Waals surface area contributed by atoms with E-state index in [1.54, 1.807) is 6.20 Å². The lowest BCUT2D eigenvalue weighted by molar-refractivity contribution is 1.06. The lowest BCUT2D eigenvalue weighted by Crippen LogP contribution is -2.01. The Morgan fingerprint density at radius 2 is 0.466 bits per heavy atom. The van der Waals surface area contributed by atoms with Crippen molar-refractivity contribution >= 4 is 184 Å². The van der Waals surface area contributed by atoms with Crippen LogP contribution in [0.5, 0.6) is 0 Å². The molecule has 0 spiro atoms. The van der Waals surface area contributed by atoms with Gasteiger partial charge in [-0.2, -0.15) is 0 Å². The summed E-state index contributed by atoms with van der Waals surface area (Å²) in [6.07, 6.45) is 12.9. The molecule has 0 radical (unpaired) electrons. The van der Waals surface area contributed by atoms with E-state index in [2.05, 4.69) is 278 Å². The fraction of sp³-hybridized carbons (Fsp3) is 0. The average molecular weight is 1860 g/mol. The minimum absolute atomic E-state index is 0.544. The molecule has 30 rings (SSSR count). The molecule has 0 N–H and O–H groups in total. The van der Waals surface area contributed by atoms with E-state index in [0.29, 0.717) is 29.0 Å². The summed E-state index contributed by atoms with van der Waals surface area (Å²) in [4.78, 5) is 76.6. The summed E-state index contributed by atoms with van der Waals surface area (Å²) in [6.45, 7) is 0. The molecule has 0 saturated carbocycles. The van der Waals surface area contributed by atoms with Crippen LogP contribution in [0.4, 0.5) is 0 Å². The topological polar surface area (TPSA) is 206 Å². The first kappa shape index (κ1) is 85.1. The van der Waals surface area contributed by atoms with E-state index in [0.717, 1.165) is 182 Å². The predicted octanol–water partition coefficient (Wildman–Crippen LogP) is 31.7. The molecular weight excluding hydrogens is 1790 g/mol. The maximum atomic E-state index is 5.11. The Morgan fingerprint density at radius 1 is 0.123 bits per heavy atom. The predicted molar refractivity (Wildman–Crippen MR) is 597 cm³/mol. The normalized spacial score (nSPS) is 11.6. The lowest BCUT2D eigenvalue weighted by atomic mass is 9.95. The first-order valence-corrected chi connectivity index (χ1v) is 48.4. The summed E-state index contributed by atoms with van der Waals surface area (Å²) in [7, 11) is 0. The van der Waals surface area contributed by atoms with Crippen molar-refractivity contribution < 1.29 is 0 Å². The highest BCUT2D eigenvalue weighted by Crippen LogP contribution is 2.43. The summed E-state index contributed by atoms with van der Waals surface area (Å²) in [6, 6.07) is 148. The standard InChI is InChI=1S/C36H22N4.C35H21N5.C30H18N4.C29H17N3/c1-3-8-23(9-4-1)32-22-33(24-10-5-2-6-11-24)40-36(39-32)31-20-17-28-30(38-31)19-16-26-14-13-25-15-18-29-27(12-7-21-37-29)34(25)35(26)28;1-3-8-22(9-4-1)33-38-34(23-10-5-2-6-11-23)40-35(39-33)30-16-15-27-19-25-14-13-24-18-26-12-7-17-36-31(26)20-28(24)29(25)21-32(27)37-30;1-2-16-31-24(5-1)21-10-14-27(33-18-21)28-15-11-23-26(34-28)13-9-20-7-6-19-8-12-25-22(4-3-17-32-25)29(19)30(20)23;1-5-23(22-6-3-13-30-26(22)7-1)27-11-10-21-15-19-9-8-18-14-20-4-2-12-31-28(20)16-24(18)25(19)17-29(21)32-27/h1-22H;1-21H;1-18H;1-17H. The fourth-order valence-corrected chi connectivity index (χ4v) is 20.4. The second-order valence-electron chi connectivity index (χ2n) is 36.3. The summed E-state index contributed by atoms with van der Waals surface area (Å²) in [5, 5.41) is 29.3. The van der Waals surface area contributed by atoms with Crippen LogP contribution in [0.3, 0.4) is 0 Å². The quantitative estimate of drug-likeness (QED) is 0.0973. The molecule has 0 atom stereocenters. The molecule has 0 unspecified atom stereocenters. The van der Waals surface area contributed by atoms with E-state index in [1.165, 1.54) is 75.4 Å². The maximum absolute atomic E-state index is 5.11. The summed E-state index contributed by atoms with van der Waals surface area (Å²) in [5.41, 5.74) is 21.5. The molecule has 0 bridgehead atoms. The van der Waals surface area contributed by atoms with E-state index in [9.17, 15) is 0 Å². The van der Waals surface area contributed by atoms with Crippen LogP contribution in [-0.2, 0) is 0 Å². The van der Waals surface area contributed by atoms with E-state index >= 15 is 0 Å². The van der Waals surface area contributed by atoms with Crippen molar-refractivity contribution in [1.29, 1.82) is 0 Å². The van der Waals surface area contributed by atoms with Gasteiger partial charge in [0.25, 0.3) is 0 Å². The van der Waals surface area contributed by atoms with Gasteiger partial charge in [0, 0.05) is 125 Å². The van der Waals surface area contributed by atoms with Gasteiger partial charge in [0.15, 0.2) is 23.3 Å². The van der Waals surface area contributed by atoms with Crippen LogP contribution < -0.4 is 0 Å². The first-order valence-electron chi connectivity index (χ1n) is 48.4. The zero-order valence-electron chi connectivity index (χ0n) is 78.2. The van der Waals surface area contributed by atoms with Gasteiger partial charge in [-0.25, -0.2) is 44.9 Å². The Balaban J connectivity index is 0.0000000969. The third kappa shape index (κ3) is 15.9. The third-order valence-electron chi connectivity index (χ3n) is 27.5. The zero-order valence-corrected chi connectivity index (χ0v) is 78.2. The van der Waals surface area contributed by atoms with Crippen LogP contribution in [0, 0.1) is 0 Å². The molecule has 16 nitrogen and oxygen atoms in total. The highest BCUT2D eigenvalue weighted by atomic mass is 15.0. The van der Waals surface area contributed by atoms with Crippen LogP contribution in [0.2, 0.25) is 0 Å². The molecule has 13 aromatic heterocycles. The number of hydrogen-bond donors (Lipinski definition) is 0. The van der Waals surface area contributed by atoms with Crippen molar-refractivity contribution in [2.24, 2.45) is 0 Å². The van der Waals surface area contributed by atoms with Crippen LogP contribution >= 0.6 is 0 Å². The van der Waals surface area contributed by atoms with Crippen molar-refractivity contribution in [2.45, 2.75) is 0 Å². The fourth-order valence-electron chi connectivity index (χ4n) is 20.4. The van der Waals surface area contributed by atoms with Gasteiger partial charge < -0.3 is 0 Å². The molecule has 0 amide bonds. The zero-order chi connectivity index (χ0) is 96.5. The van der Waals surface area contributed by atoms with Crippen molar-refractivity contribution in [3.05, 3.63) is 474 Å². The number of benzene rings is 17. The van der Waals surface area contributed by atoms with Gasteiger partial charge in [-0.15, -0.1) is 0 Å². The average Bonchev–Trinajstić information content (AvgIpc) is 0.706. The molecule has 0 aliphatic rings. The Labute approximate surface area is 834 Å². The number of hydrogen-bond acceptors (Lipinski definition) is 16. The minimum Gasteiger partial charge on any atom is -0.256 e. The van der Waals surface area contributed by atoms with Crippen LogP contribution in [0.25, 0.3) is 287 Å². The molecule has 17 aromatic carbocycles. The summed E-state index contributed by atoms with van der Waals surface area (Å²) >= 11 is 0. The highest BCUT2D eigenvalue weighted by molar-refractivity contribution is 6.29. The largest absolute Gasteiger partial charge is 0.256 e. The number of pyridine rings is 11. The summed E-state index contributed by atoms with van der Waals surface area (Å²) in [5.74, 6) is 2.39. The van der Waals surface area contributed by atoms with Crippen LogP contribution in [0.15, 0.2) is 474 Å². The molecule has 146 heavy (non-hydrogen) atoms. The lowest BCUT2D eigenvalue weighted by Gasteiger charge is -2.12. The van der Waals surface area contributed by atoms with E-state index < -0.39 is 0 Å². The third-order valence-corrected chi connectivity index (χ3v) is 27.5. The van der Waals surface area contributed by atoms with Crippen LogP contribution in [-0.4, -0.2) is 79.7 Å². The Morgan fingerprint density at radius 3 is 0.938 bits per heavy atom. The summed E-state index contributed by atoms with van der Waals surface area (Å²) < 4.78 is 0. The van der Waals surface area contributed by atoms with Gasteiger partial charge in [0.1, 0.15) is 11.4 Å². The Bertz CT molecular complexity index is 10300. The smallest absolute Gasteiger partial charge is 0.182 e. The molecule has 678 valence electrons. The first-order chi connectivity index (χ1) is 72.3. The maximum Gasteiger partial charge on any atom is 0.182 e. The van der Waals surface area contributed by atoms with Gasteiger partial charge in [-0.1, -0.05) is 255 Å². The number of fused-ring (bicyclic) bond motifs is 25. The molecule has 0 aliphatic carbocycles. The van der Waals surface area contributed by atoms with Gasteiger partial charge in [0.05, 0.1) is 83.8 Å². The number of aromatic nitrogens is 16. The molecule has 0 saturated heterocycles. The Kier molecular flexibility index (Phi) is 21.1. The molecular formula is C130H78N16. The molecule has 30 aromatic rings. The van der Waals surface area contributed by atoms with E-state index in [1.807, 2.05) is 225 Å². The number of rotatable bonds is 9. The molecule has 0 aliphatic heterocycles. The van der Waals surface area contributed by atoms with Gasteiger partial charge in [-0.3, -0.25) is 34.9 Å². The minimum atomic E-state index is 0.544. The molecule has 16 heteroatoms. The van der Waals surface area contributed by atoms with Crippen molar-refractivity contribution in [3.8, 4) is 102 Å². The van der Waals surface area contributed by atoms with Gasteiger partial charge in [-0.05, 0) is 262 Å². The second-order valence-corrected chi connectivity index (χ2v) is 36.3. The van der Waals surface area contributed by atoms with Gasteiger partial charge in [0.2, 0.25) is 0 Å².